The Bertz CT molecular complexity index is 581. The van der Waals surface area contributed by atoms with Gasteiger partial charge in [-0.1, -0.05) is 25.1 Å². The largest absolute Gasteiger partial charge is 0.465 e. The van der Waals surface area contributed by atoms with Gasteiger partial charge < -0.3 is 4.74 Å². The highest BCUT2D eigenvalue weighted by Gasteiger charge is 2.27. The van der Waals surface area contributed by atoms with Crippen LogP contribution in [-0.2, 0) is 14.8 Å². The van der Waals surface area contributed by atoms with Crippen LogP contribution in [0, 0.1) is 0 Å². The van der Waals surface area contributed by atoms with Gasteiger partial charge in [0.05, 0.1) is 17.6 Å². The molecule has 0 aliphatic carbocycles. The van der Waals surface area contributed by atoms with Crippen molar-refractivity contribution in [2.75, 3.05) is 20.2 Å². The Morgan fingerprint density at radius 3 is 2.60 bits per heavy atom. The third kappa shape index (κ3) is 3.46. The lowest BCUT2D eigenvalue weighted by Gasteiger charge is -2.21. The SMILES string of the molecule is C=CCN(CCC)S(=O)(=O)c1ccccc1C(=O)OC. The quantitative estimate of drug-likeness (QED) is 0.571. The smallest absolute Gasteiger partial charge is 0.339 e. The highest BCUT2D eigenvalue weighted by Crippen LogP contribution is 2.21. The fourth-order valence-electron chi connectivity index (χ4n) is 1.81. The Hall–Kier alpha value is -1.66. The number of nitrogens with zero attached hydrogens (tertiary/aromatic N) is 1. The first kappa shape index (κ1) is 16.4. The highest BCUT2D eigenvalue weighted by molar-refractivity contribution is 7.89. The summed E-state index contributed by atoms with van der Waals surface area (Å²) in [6.45, 7) is 6.02. The fourth-order valence-corrected chi connectivity index (χ4v) is 3.49. The van der Waals surface area contributed by atoms with Crippen molar-refractivity contribution in [1.82, 2.24) is 4.31 Å². The number of carbonyl (C=O) groups excluding carboxylic acids is 1. The van der Waals surface area contributed by atoms with Gasteiger partial charge in [0, 0.05) is 13.1 Å². The van der Waals surface area contributed by atoms with Gasteiger partial charge in [0.1, 0.15) is 0 Å². The van der Waals surface area contributed by atoms with Crippen LogP contribution in [0.1, 0.15) is 23.7 Å². The van der Waals surface area contributed by atoms with Crippen LogP contribution in [0.3, 0.4) is 0 Å². The maximum absolute atomic E-state index is 12.6. The normalized spacial score (nSPS) is 11.3. The summed E-state index contributed by atoms with van der Waals surface area (Å²) in [4.78, 5) is 11.7. The molecule has 1 aromatic rings. The van der Waals surface area contributed by atoms with Gasteiger partial charge in [0.25, 0.3) is 0 Å². The van der Waals surface area contributed by atoms with Crippen molar-refractivity contribution in [2.24, 2.45) is 0 Å². The van der Waals surface area contributed by atoms with E-state index in [1.54, 1.807) is 12.1 Å². The molecule has 110 valence electrons. The fraction of sp³-hybridized carbons (Fsp3) is 0.357. The summed E-state index contributed by atoms with van der Waals surface area (Å²) in [7, 11) is -2.53. The summed E-state index contributed by atoms with van der Waals surface area (Å²) >= 11 is 0. The Balaban J connectivity index is 3.33. The van der Waals surface area contributed by atoms with E-state index >= 15 is 0 Å². The molecule has 0 aliphatic rings. The predicted octanol–water partition coefficient (Wildman–Crippen LogP) is 2.06. The first-order chi connectivity index (χ1) is 9.48. The number of methoxy groups -OCH3 is 1. The molecule has 0 atom stereocenters. The van der Waals surface area contributed by atoms with Crippen LogP contribution in [0.2, 0.25) is 0 Å². The summed E-state index contributed by atoms with van der Waals surface area (Å²) in [5, 5.41) is 0. The monoisotopic (exact) mass is 297 g/mol. The van der Waals surface area contributed by atoms with Crippen molar-refractivity contribution in [3.8, 4) is 0 Å². The molecule has 1 rings (SSSR count). The minimum Gasteiger partial charge on any atom is -0.465 e. The second-order valence-electron chi connectivity index (χ2n) is 4.14. The van der Waals surface area contributed by atoms with Crippen molar-refractivity contribution >= 4 is 16.0 Å². The third-order valence-corrected chi connectivity index (χ3v) is 4.64. The molecule has 0 radical (unpaired) electrons. The lowest BCUT2D eigenvalue weighted by molar-refractivity contribution is 0.0596. The number of ether oxygens (including phenoxy) is 1. The molecule has 0 amide bonds. The summed E-state index contributed by atoms with van der Waals surface area (Å²) in [6, 6.07) is 6.03. The molecule has 0 N–H and O–H groups in total. The number of carbonyl (C=O) groups is 1. The van der Waals surface area contributed by atoms with Gasteiger partial charge in [-0.2, -0.15) is 4.31 Å². The molecular formula is C14H19NO4S. The Kier molecular flexibility index (Phi) is 5.91. The van der Waals surface area contributed by atoms with Gasteiger partial charge in [-0.25, -0.2) is 13.2 Å². The van der Waals surface area contributed by atoms with E-state index in [9.17, 15) is 13.2 Å². The second kappa shape index (κ2) is 7.21. The van der Waals surface area contributed by atoms with E-state index in [-0.39, 0.29) is 17.0 Å². The first-order valence-corrected chi connectivity index (χ1v) is 7.71. The minimum absolute atomic E-state index is 0.0397. The van der Waals surface area contributed by atoms with Gasteiger partial charge in [-0.3, -0.25) is 0 Å². The lowest BCUT2D eigenvalue weighted by atomic mass is 10.2. The zero-order valence-corrected chi connectivity index (χ0v) is 12.5. The number of esters is 1. The maximum atomic E-state index is 12.6. The zero-order chi connectivity index (χ0) is 15.2. The summed E-state index contributed by atoms with van der Waals surface area (Å²) in [5.74, 6) is -0.667. The summed E-state index contributed by atoms with van der Waals surface area (Å²) < 4.78 is 31.2. The molecule has 0 bridgehead atoms. The topological polar surface area (TPSA) is 63.7 Å². The van der Waals surface area contributed by atoms with Crippen LogP contribution < -0.4 is 0 Å². The zero-order valence-electron chi connectivity index (χ0n) is 11.7. The Morgan fingerprint density at radius 2 is 2.05 bits per heavy atom. The van der Waals surface area contributed by atoms with E-state index in [1.807, 2.05) is 6.92 Å². The van der Waals surface area contributed by atoms with E-state index in [4.69, 9.17) is 0 Å². The van der Waals surface area contributed by atoms with E-state index in [1.165, 1.54) is 29.6 Å². The average Bonchev–Trinajstić information content (AvgIpc) is 2.46. The molecule has 20 heavy (non-hydrogen) atoms. The van der Waals surface area contributed by atoms with E-state index in [0.29, 0.717) is 13.0 Å². The van der Waals surface area contributed by atoms with Crippen LogP contribution in [-0.4, -0.2) is 38.9 Å². The molecular weight excluding hydrogens is 278 g/mol. The number of hydrogen-bond donors (Lipinski definition) is 0. The molecule has 0 spiro atoms. The van der Waals surface area contributed by atoms with Gasteiger partial charge >= 0.3 is 5.97 Å². The molecule has 6 heteroatoms. The Labute approximate surface area is 119 Å². The standard InChI is InChI=1S/C14H19NO4S/c1-4-10-15(11-5-2)20(17,18)13-9-7-6-8-12(13)14(16)19-3/h4,6-9H,1,5,10-11H2,2-3H3. The van der Waals surface area contributed by atoms with Crippen molar-refractivity contribution < 1.29 is 17.9 Å². The summed E-state index contributed by atoms with van der Waals surface area (Å²) in [5.41, 5.74) is 0.0418. The number of hydrogen-bond acceptors (Lipinski definition) is 4. The molecule has 0 heterocycles. The lowest BCUT2D eigenvalue weighted by Crippen LogP contribution is -2.33. The molecule has 0 aromatic heterocycles. The van der Waals surface area contributed by atoms with Crippen LogP contribution in [0.5, 0.6) is 0 Å². The van der Waals surface area contributed by atoms with Crippen molar-refractivity contribution in [1.29, 1.82) is 0 Å². The van der Waals surface area contributed by atoms with Gasteiger partial charge in [0.2, 0.25) is 10.0 Å². The average molecular weight is 297 g/mol. The van der Waals surface area contributed by atoms with Gasteiger partial charge in [0.15, 0.2) is 0 Å². The molecule has 0 unspecified atom stereocenters. The second-order valence-corrected chi connectivity index (χ2v) is 6.05. The van der Waals surface area contributed by atoms with Gasteiger partial charge in [-0.05, 0) is 18.6 Å². The number of rotatable bonds is 7. The van der Waals surface area contributed by atoms with Crippen LogP contribution in [0.25, 0.3) is 0 Å². The van der Waals surface area contributed by atoms with Crippen molar-refractivity contribution in [3.63, 3.8) is 0 Å². The highest BCUT2D eigenvalue weighted by atomic mass is 32.2. The minimum atomic E-state index is -3.75. The predicted molar refractivity (Wildman–Crippen MR) is 77.0 cm³/mol. The summed E-state index contributed by atoms with van der Waals surface area (Å²) in [6.07, 6.45) is 2.20. The molecule has 0 fully saturated rings. The number of benzene rings is 1. The molecule has 5 nitrogen and oxygen atoms in total. The molecule has 0 saturated heterocycles. The van der Waals surface area contributed by atoms with E-state index in [0.717, 1.165) is 0 Å². The van der Waals surface area contributed by atoms with Crippen LogP contribution in [0.4, 0.5) is 0 Å². The third-order valence-electron chi connectivity index (χ3n) is 2.72. The van der Waals surface area contributed by atoms with E-state index < -0.39 is 16.0 Å². The molecule has 0 saturated carbocycles. The molecule has 1 aromatic carbocycles. The molecule has 0 aliphatic heterocycles. The maximum Gasteiger partial charge on any atom is 0.339 e. The van der Waals surface area contributed by atoms with Gasteiger partial charge in [-0.15, -0.1) is 6.58 Å². The van der Waals surface area contributed by atoms with Crippen molar-refractivity contribution in [3.05, 3.63) is 42.5 Å². The Morgan fingerprint density at radius 1 is 1.40 bits per heavy atom. The van der Waals surface area contributed by atoms with Crippen LogP contribution in [0.15, 0.2) is 41.8 Å². The van der Waals surface area contributed by atoms with Crippen LogP contribution >= 0.6 is 0 Å². The van der Waals surface area contributed by atoms with E-state index in [2.05, 4.69) is 11.3 Å². The first-order valence-electron chi connectivity index (χ1n) is 6.27. The van der Waals surface area contributed by atoms with Crippen molar-refractivity contribution in [2.45, 2.75) is 18.2 Å². The number of sulfonamides is 1.